The molecule has 0 amide bonds. The first-order chi connectivity index (χ1) is 16.0. The quantitative estimate of drug-likeness (QED) is 0.422. The molecule has 168 valence electrons. The van der Waals surface area contributed by atoms with E-state index >= 15 is 0 Å². The van der Waals surface area contributed by atoms with Gasteiger partial charge < -0.3 is 14.8 Å². The summed E-state index contributed by atoms with van der Waals surface area (Å²) in [5.74, 6) is -0.165. The molecule has 0 saturated carbocycles. The van der Waals surface area contributed by atoms with E-state index in [1.807, 2.05) is 62.4 Å². The van der Waals surface area contributed by atoms with Gasteiger partial charge in [-0.25, -0.2) is 4.79 Å². The second kappa shape index (κ2) is 9.56. The monoisotopic (exact) mass is 443 g/mol. The minimum atomic E-state index is -0.426. The van der Waals surface area contributed by atoms with Crippen LogP contribution in [0.15, 0.2) is 77.7 Å². The fourth-order valence-electron chi connectivity index (χ4n) is 3.68. The van der Waals surface area contributed by atoms with Gasteiger partial charge in [0.25, 0.3) is 5.56 Å². The standard InChI is InChI=1S/C26H25N3O4/c1-17-13-21(18(2)27-22-12-8-7-11-20(22)26(31)32-3)25-28-23(14-24(30)29(25)15-17)33-16-19-9-5-4-6-10-19/h4-15,18,27H,16H2,1-3H3. The van der Waals surface area contributed by atoms with Gasteiger partial charge in [0.1, 0.15) is 12.3 Å². The Balaban J connectivity index is 1.70. The molecule has 7 nitrogen and oxygen atoms in total. The van der Waals surface area contributed by atoms with Crippen LogP contribution in [-0.4, -0.2) is 22.5 Å². The van der Waals surface area contributed by atoms with Gasteiger partial charge in [0.15, 0.2) is 0 Å². The smallest absolute Gasteiger partial charge is 0.339 e. The molecule has 0 fully saturated rings. The van der Waals surface area contributed by atoms with Crippen LogP contribution in [0.5, 0.6) is 5.88 Å². The van der Waals surface area contributed by atoms with Crippen LogP contribution in [0.2, 0.25) is 0 Å². The number of anilines is 1. The highest BCUT2D eigenvalue weighted by atomic mass is 16.5. The van der Waals surface area contributed by atoms with Crippen molar-refractivity contribution in [3.8, 4) is 5.88 Å². The summed E-state index contributed by atoms with van der Waals surface area (Å²) in [7, 11) is 1.35. The van der Waals surface area contributed by atoms with Crippen molar-refractivity contribution in [1.29, 1.82) is 0 Å². The highest BCUT2D eigenvalue weighted by molar-refractivity contribution is 5.95. The number of carbonyl (C=O) groups is 1. The Hall–Kier alpha value is -4.13. The lowest BCUT2D eigenvalue weighted by Crippen LogP contribution is -2.19. The minimum absolute atomic E-state index is 0.227. The molecule has 4 aromatic rings. The van der Waals surface area contributed by atoms with Crippen LogP contribution < -0.4 is 15.6 Å². The normalized spacial score (nSPS) is 11.7. The van der Waals surface area contributed by atoms with Crippen LogP contribution in [0.3, 0.4) is 0 Å². The van der Waals surface area contributed by atoms with Crippen LogP contribution in [0.25, 0.3) is 5.65 Å². The second-order valence-corrected chi connectivity index (χ2v) is 7.78. The number of aromatic nitrogens is 2. The third kappa shape index (κ3) is 4.87. The predicted octanol–water partition coefficient (Wildman–Crippen LogP) is 4.54. The number of rotatable bonds is 7. The maximum Gasteiger partial charge on any atom is 0.339 e. The number of methoxy groups -OCH3 is 1. The minimum Gasteiger partial charge on any atom is -0.473 e. The van der Waals surface area contributed by atoms with E-state index in [1.165, 1.54) is 17.6 Å². The van der Waals surface area contributed by atoms with Gasteiger partial charge in [-0.1, -0.05) is 42.5 Å². The number of hydrogen-bond donors (Lipinski definition) is 1. The largest absolute Gasteiger partial charge is 0.473 e. The van der Waals surface area contributed by atoms with Crippen molar-refractivity contribution in [1.82, 2.24) is 9.38 Å². The number of esters is 1. The maximum atomic E-state index is 12.8. The summed E-state index contributed by atoms with van der Waals surface area (Å²) >= 11 is 0. The van der Waals surface area contributed by atoms with E-state index in [1.54, 1.807) is 18.3 Å². The molecule has 0 aliphatic carbocycles. The third-order valence-electron chi connectivity index (χ3n) is 5.30. The Labute approximate surface area is 191 Å². The molecule has 0 spiro atoms. The average Bonchev–Trinajstić information content (AvgIpc) is 2.83. The van der Waals surface area contributed by atoms with E-state index in [9.17, 15) is 9.59 Å². The van der Waals surface area contributed by atoms with Gasteiger partial charge in [0.05, 0.1) is 24.8 Å². The summed E-state index contributed by atoms with van der Waals surface area (Å²) in [6.45, 7) is 4.18. The zero-order valence-corrected chi connectivity index (χ0v) is 18.7. The number of nitrogens with zero attached hydrogens (tertiary/aromatic N) is 2. The molecular weight excluding hydrogens is 418 g/mol. The summed E-state index contributed by atoms with van der Waals surface area (Å²) in [5, 5.41) is 3.36. The Bertz CT molecular complexity index is 1350. The second-order valence-electron chi connectivity index (χ2n) is 7.78. The van der Waals surface area contributed by atoms with Crippen molar-refractivity contribution in [2.45, 2.75) is 26.5 Å². The molecule has 2 aromatic heterocycles. The van der Waals surface area contributed by atoms with Crippen molar-refractivity contribution in [2.24, 2.45) is 0 Å². The molecule has 7 heteroatoms. The van der Waals surface area contributed by atoms with E-state index in [0.717, 1.165) is 16.7 Å². The summed E-state index contributed by atoms with van der Waals surface area (Å²) in [6, 6.07) is 19.9. The van der Waals surface area contributed by atoms with Crippen molar-refractivity contribution in [3.05, 3.63) is 106 Å². The van der Waals surface area contributed by atoms with Gasteiger partial charge >= 0.3 is 5.97 Å². The number of benzene rings is 2. The summed E-state index contributed by atoms with van der Waals surface area (Å²) in [5.41, 5.74) is 4.03. The van der Waals surface area contributed by atoms with E-state index in [0.29, 0.717) is 23.5 Å². The number of pyridine rings is 1. The Morgan fingerprint density at radius 1 is 1.09 bits per heavy atom. The molecule has 2 heterocycles. The van der Waals surface area contributed by atoms with Crippen molar-refractivity contribution in [2.75, 3.05) is 12.4 Å². The Morgan fingerprint density at radius 2 is 1.82 bits per heavy atom. The predicted molar refractivity (Wildman–Crippen MR) is 127 cm³/mol. The highest BCUT2D eigenvalue weighted by Crippen LogP contribution is 2.26. The lowest BCUT2D eigenvalue weighted by atomic mass is 10.1. The number of ether oxygens (including phenoxy) is 2. The van der Waals surface area contributed by atoms with Crippen LogP contribution in [0.4, 0.5) is 5.69 Å². The average molecular weight is 444 g/mol. The zero-order valence-electron chi connectivity index (χ0n) is 18.7. The van der Waals surface area contributed by atoms with Crippen LogP contribution in [0, 0.1) is 6.92 Å². The summed E-state index contributed by atoms with van der Waals surface area (Å²) < 4.78 is 12.2. The molecule has 1 N–H and O–H groups in total. The fourth-order valence-corrected chi connectivity index (χ4v) is 3.68. The molecule has 2 aromatic carbocycles. The van der Waals surface area contributed by atoms with Gasteiger partial charge in [-0.05, 0) is 43.2 Å². The molecule has 4 rings (SSSR count). The highest BCUT2D eigenvalue weighted by Gasteiger charge is 2.18. The SMILES string of the molecule is COC(=O)c1ccccc1NC(C)c1cc(C)cn2c(=O)cc(OCc3ccccc3)nc12. The van der Waals surface area contributed by atoms with Crippen LogP contribution >= 0.6 is 0 Å². The summed E-state index contributed by atoms with van der Waals surface area (Å²) in [4.78, 5) is 29.6. The number of fused-ring (bicyclic) bond motifs is 1. The first-order valence-corrected chi connectivity index (χ1v) is 10.6. The summed E-state index contributed by atoms with van der Waals surface area (Å²) in [6.07, 6.45) is 1.75. The third-order valence-corrected chi connectivity index (χ3v) is 5.30. The van der Waals surface area contributed by atoms with Crippen LogP contribution in [0.1, 0.15) is 40.0 Å². The lowest BCUT2D eigenvalue weighted by molar-refractivity contribution is 0.0602. The van der Waals surface area contributed by atoms with E-state index < -0.39 is 5.97 Å². The van der Waals surface area contributed by atoms with E-state index in [2.05, 4.69) is 10.3 Å². The van der Waals surface area contributed by atoms with Gasteiger partial charge in [-0.15, -0.1) is 0 Å². The first kappa shape index (κ1) is 22.1. The number of nitrogens with one attached hydrogen (secondary N) is 1. The number of aryl methyl sites for hydroxylation is 1. The molecule has 33 heavy (non-hydrogen) atoms. The van der Waals surface area contributed by atoms with Gasteiger partial charge in [0.2, 0.25) is 5.88 Å². The molecule has 0 radical (unpaired) electrons. The Morgan fingerprint density at radius 3 is 2.58 bits per heavy atom. The number of para-hydroxylation sites is 1. The number of hydrogen-bond acceptors (Lipinski definition) is 6. The van der Waals surface area contributed by atoms with E-state index in [4.69, 9.17) is 9.47 Å². The van der Waals surface area contributed by atoms with Crippen molar-refractivity contribution < 1.29 is 14.3 Å². The topological polar surface area (TPSA) is 81.9 Å². The molecule has 0 aliphatic rings. The molecule has 1 unspecified atom stereocenters. The molecule has 1 atom stereocenters. The van der Waals surface area contributed by atoms with Gasteiger partial charge in [0, 0.05) is 17.4 Å². The van der Waals surface area contributed by atoms with E-state index in [-0.39, 0.29) is 17.5 Å². The van der Waals surface area contributed by atoms with Crippen molar-refractivity contribution >= 4 is 17.3 Å². The van der Waals surface area contributed by atoms with Crippen LogP contribution in [-0.2, 0) is 11.3 Å². The van der Waals surface area contributed by atoms with Gasteiger partial charge in [-0.3, -0.25) is 9.20 Å². The van der Waals surface area contributed by atoms with Gasteiger partial charge in [-0.2, -0.15) is 4.98 Å². The molecular formula is C26H25N3O4. The lowest BCUT2D eigenvalue weighted by Gasteiger charge is -2.20. The first-order valence-electron chi connectivity index (χ1n) is 10.6. The Kier molecular flexibility index (Phi) is 6.40. The zero-order chi connectivity index (χ0) is 23.4. The maximum absolute atomic E-state index is 12.8. The molecule has 0 saturated heterocycles. The molecule has 0 aliphatic heterocycles. The fraction of sp³-hybridized carbons (Fsp3) is 0.192. The molecule has 0 bridgehead atoms. The van der Waals surface area contributed by atoms with Crippen molar-refractivity contribution in [3.63, 3.8) is 0 Å². The number of carbonyl (C=O) groups excluding carboxylic acids is 1.